The van der Waals surface area contributed by atoms with Crippen LogP contribution in [0.25, 0.3) is 10.6 Å². The van der Waals surface area contributed by atoms with Crippen LogP contribution in [0.3, 0.4) is 0 Å². The summed E-state index contributed by atoms with van der Waals surface area (Å²) in [6.45, 7) is 10.3. The Balaban J connectivity index is 1.94. The molecular formula is C14H21N3OS. The lowest BCUT2D eigenvalue weighted by molar-refractivity contribution is 0.483. The third-order valence-corrected chi connectivity index (χ3v) is 3.84. The van der Waals surface area contributed by atoms with Gasteiger partial charge in [0.1, 0.15) is 0 Å². The molecule has 0 saturated carbocycles. The van der Waals surface area contributed by atoms with Crippen LogP contribution in [0.15, 0.2) is 10.6 Å². The summed E-state index contributed by atoms with van der Waals surface area (Å²) < 4.78 is 5.79. The fourth-order valence-electron chi connectivity index (χ4n) is 1.88. The molecular weight excluding hydrogens is 258 g/mol. The highest BCUT2D eigenvalue weighted by atomic mass is 32.1. The second-order valence-electron chi connectivity index (χ2n) is 5.11. The molecule has 1 N–H and O–H groups in total. The van der Waals surface area contributed by atoms with Crippen molar-refractivity contribution in [3.05, 3.63) is 22.8 Å². The Morgan fingerprint density at radius 3 is 2.79 bits per heavy atom. The summed E-state index contributed by atoms with van der Waals surface area (Å²) in [5, 5.41) is 4.45. The topological polar surface area (TPSA) is 51.0 Å². The average Bonchev–Trinajstić information content (AvgIpc) is 2.91. The molecule has 0 atom stereocenters. The lowest BCUT2D eigenvalue weighted by Gasteiger charge is -2.05. The van der Waals surface area contributed by atoms with Gasteiger partial charge < -0.3 is 9.73 Å². The van der Waals surface area contributed by atoms with E-state index in [0.29, 0.717) is 5.92 Å². The van der Waals surface area contributed by atoms with Crippen LogP contribution >= 0.6 is 11.3 Å². The van der Waals surface area contributed by atoms with Crippen LogP contribution < -0.4 is 5.32 Å². The summed E-state index contributed by atoms with van der Waals surface area (Å²) in [6, 6.07) is 0. The largest absolute Gasteiger partial charge is 0.440 e. The summed E-state index contributed by atoms with van der Waals surface area (Å²) >= 11 is 1.65. The molecule has 0 saturated heterocycles. The van der Waals surface area contributed by atoms with Crippen molar-refractivity contribution >= 4 is 11.3 Å². The van der Waals surface area contributed by atoms with E-state index in [1.54, 1.807) is 17.5 Å². The van der Waals surface area contributed by atoms with Gasteiger partial charge in [-0.25, -0.2) is 9.97 Å². The molecule has 0 bridgehead atoms. The van der Waals surface area contributed by atoms with Crippen LogP contribution in [0, 0.1) is 19.8 Å². The zero-order valence-corrected chi connectivity index (χ0v) is 12.8. The van der Waals surface area contributed by atoms with Crippen LogP contribution in [-0.2, 0) is 6.42 Å². The van der Waals surface area contributed by atoms with Crippen molar-refractivity contribution in [1.82, 2.24) is 15.3 Å². The average molecular weight is 279 g/mol. The maximum atomic E-state index is 5.79. The van der Waals surface area contributed by atoms with E-state index in [-0.39, 0.29) is 0 Å². The Morgan fingerprint density at radius 2 is 2.16 bits per heavy atom. The first-order valence-electron chi connectivity index (χ1n) is 6.66. The molecule has 2 aromatic rings. The van der Waals surface area contributed by atoms with Crippen molar-refractivity contribution < 1.29 is 4.42 Å². The third-order valence-electron chi connectivity index (χ3n) is 2.75. The minimum atomic E-state index is 0.669. The van der Waals surface area contributed by atoms with Crippen molar-refractivity contribution in [2.75, 3.05) is 13.1 Å². The molecule has 2 aromatic heterocycles. The first kappa shape index (κ1) is 14.2. The summed E-state index contributed by atoms with van der Waals surface area (Å²) in [5.41, 5.74) is 1.02. The first-order valence-corrected chi connectivity index (χ1v) is 7.47. The first-order chi connectivity index (χ1) is 9.06. The Kier molecular flexibility index (Phi) is 4.71. The van der Waals surface area contributed by atoms with Crippen LogP contribution in [0.2, 0.25) is 0 Å². The van der Waals surface area contributed by atoms with Gasteiger partial charge in [-0.1, -0.05) is 13.8 Å². The van der Waals surface area contributed by atoms with Gasteiger partial charge in [0.15, 0.2) is 11.7 Å². The molecule has 104 valence electrons. The number of hydrogen-bond acceptors (Lipinski definition) is 5. The standard InChI is InChI=1S/C14H21N3OS/c1-9(2)7-15-6-5-13-16-8-12(18-13)14-10(3)17-11(4)19-14/h8-9,15H,5-7H2,1-4H3. The van der Waals surface area contributed by atoms with E-state index in [0.717, 1.165) is 46.7 Å². The smallest absolute Gasteiger partial charge is 0.196 e. The van der Waals surface area contributed by atoms with E-state index >= 15 is 0 Å². The normalized spacial score (nSPS) is 11.4. The van der Waals surface area contributed by atoms with Crippen molar-refractivity contribution in [3.8, 4) is 10.6 Å². The number of nitrogens with one attached hydrogen (secondary N) is 1. The maximum absolute atomic E-state index is 5.79. The lowest BCUT2D eigenvalue weighted by atomic mass is 10.2. The van der Waals surface area contributed by atoms with Gasteiger partial charge in [-0.3, -0.25) is 0 Å². The zero-order valence-electron chi connectivity index (χ0n) is 12.0. The molecule has 4 nitrogen and oxygen atoms in total. The van der Waals surface area contributed by atoms with Crippen molar-refractivity contribution in [2.24, 2.45) is 5.92 Å². The molecule has 0 fully saturated rings. The summed E-state index contributed by atoms with van der Waals surface area (Å²) in [4.78, 5) is 9.83. The van der Waals surface area contributed by atoms with E-state index in [9.17, 15) is 0 Å². The number of hydrogen-bond donors (Lipinski definition) is 1. The summed E-state index contributed by atoms with van der Waals surface area (Å²) in [7, 11) is 0. The predicted octanol–water partition coefficient (Wildman–Crippen LogP) is 3.20. The Labute approximate surface area is 118 Å². The highest BCUT2D eigenvalue weighted by molar-refractivity contribution is 7.15. The van der Waals surface area contributed by atoms with E-state index in [4.69, 9.17) is 4.42 Å². The quantitative estimate of drug-likeness (QED) is 0.825. The fourth-order valence-corrected chi connectivity index (χ4v) is 2.74. The second-order valence-corrected chi connectivity index (χ2v) is 6.32. The molecule has 2 rings (SSSR count). The SMILES string of the molecule is Cc1nc(C)c(-c2cnc(CCNCC(C)C)o2)s1. The van der Waals surface area contributed by atoms with Gasteiger partial charge >= 0.3 is 0 Å². The number of oxazole rings is 1. The zero-order chi connectivity index (χ0) is 13.8. The minimum absolute atomic E-state index is 0.669. The highest BCUT2D eigenvalue weighted by Crippen LogP contribution is 2.30. The van der Waals surface area contributed by atoms with Gasteiger partial charge in [-0.15, -0.1) is 11.3 Å². The molecule has 0 aliphatic heterocycles. The molecule has 0 spiro atoms. The molecule has 0 aliphatic carbocycles. The molecule has 0 unspecified atom stereocenters. The molecule has 0 aromatic carbocycles. The van der Waals surface area contributed by atoms with Crippen LogP contribution in [-0.4, -0.2) is 23.1 Å². The Morgan fingerprint density at radius 1 is 1.37 bits per heavy atom. The minimum Gasteiger partial charge on any atom is -0.440 e. The number of thiazole rings is 1. The number of rotatable bonds is 6. The predicted molar refractivity (Wildman–Crippen MR) is 78.5 cm³/mol. The second kappa shape index (κ2) is 6.30. The van der Waals surface area contributed by atoms with E-state index < -0.39 is 0 Å². The fraction of sp³-hybridized carbons (Fsp3) is 0.571. The van der Waals surface area contributed by atoms with E-state index in [1.165, 1.54) is 0 Å². The summed E-state index contributed by atoms with van der Waals surface area (Å²) in [6.07, 6.45) is 2.63. The monoisotopic (exact) mass is 279 g/mol. The van der Waals surface area contributed by atoms with E-state index in [1.807, 2.05) is 13.8 Å². The maximum Gasteiger partial charge on any atom is 0.196 e. The van der Waals surface area contributed by atoms with Gasteiger partial charge in [0.05, 0.1) is 21.8 Å². The Bertz CT molecular complexity index is 531. The highest BCUT2D eigenvalue weighted by Gasteiger charge is 2.12. The molecule has 5 heteroatoms. The van der Waals surface area contributed by atoms with Crippen molar-refractivity contribution in [3.63, 3.8) is 0 Å². The van der Waals surface area contributed by atoms with Gasteiger partial charge in [-0.05, 0) is 26.3 Å². The van der Waals surface area contributed by atoms with Crippen molar-refractivity contribution in [1.29, 1.82) is 0 Å². The molecule has 0 radical (unpaired) electrons. The van der Waals surface area contributed by atoms with Gasteiger partial charge in [0.25, 0.3) is 0 Å². The van der Waals surface area contributed by atoms with Gasteiger partial charge in [0.2, 0.25) is 0 Å². The Hall–Kier alpha value is -1.20. The van der Waals surface area contributed by atoms with Crippen molar-refractivity contribution in [2.45, 2.75) is 34.1 Å². The molecule has 0 amide bonds. The third kappa shape index (κ3) is 3.88. The van der Waals surface area contributed by atoms with E-state index in [2.05, 4.69) is 29.1 Å². The van der Waals surface area contributed by atoms with Gasteiger partial charge in [0, 0.05) is 13.0 Å². The molecule has 2 heterocycles. The van der Waals surface area contributed by atoms with Gasteiger partial charge in [-0.2, -0.15) is 0 Å². The number of nitrogens with zero attached hydrogens (tertiary/aromatic N) is 2. The molecule has 0 aliphatic rings. The number of aryl methyl sites for hydroxylation is 2. The number of aromatic nitrogens is 2. The van der Waals surface area contributed by atoms with Crippen LogP contribution in [0.1, 0.15) is 30.4 Å². The summed E-state index contributed by atoms with van der Waals surface area (Å²) in [5.74, 6) is 2.29. The van der Waals surface area contributed by atoms with Crippen LogP contribution in [0.5, 0.6) is 0 Å². The molecule has 19 heavy (non-hydrogen) atoms. The lowest BCUT2D eigenvalue weighted by Crippen LogP contribution is -2.22. The van der Waals surface area contributed by atoms with Crippen LogP contribution in [0.4, 0.5) is 0 Å².